The Morgan fingerprint density at radius 2 is 2.11 bits per heavy atom. The molecule has 2 aromatic rings. The van der Waals surface area contributed by atoms with Crippen molar-refractivity contribution in [2.75, 3.05) is 0 Å². The smallest absolute Gasteiger partial charge is 0.313 e. The van der Waals surface area contributed by atoms with Crippen molar-refractivity contribution in [3.05, 3.63) is 52.6 Å². The number of hydrogen-bond acceptors (Lipinski definition) is 4. The van der Waals surface area contributed by atoms with Gasteiger partial charge in [-0.25, -0.2) is 4.98 Å². The molecule has 0 atom stereocenters. The van der Waals surface area contributed by atoms with Crippen molar-refractivity contribution in [2.24, 2.45) is 0 Å². The van der Waals surface area contributed by atoms with Crippen molar-refractivity contribution >= 4 is 0 Å². The molecular weight excluding hydrogens is 244 g/mol. The molecule has 5 heteroatoms. The molecule has 1 N–H and O–H groups in total. The molecule has 0 saturated heterocycles. The highest BCUT2D eigenvalue weighted by Crippen LogP contribution is 2.21. The normalized spacial score (nSPS) is 10.7. The third-order valence-electron chi connectivity index (χ3n) is 2.74. The van der Waals surface area contributed by atoms with Gasteiger partial charge in [-0.05, 0) is 19.9 Å². The van der Waals surface area contributed by atoms with Crippen LogP contribution in [0.25, 0.3) is 0 Å². The summed E-state index contributed by atoms with van der Waals surface area (Å²) in [6.07, 6.45) is 3.15. The molecule has 0 amide bonds. The topological polar surface area (TPSA) is 64.3 Å². The monoisotopic (exact) mass is 260 g/mol. The molecule has 0 unspecified atom stereocenters. The Kier molecular flexibility index (Phi) is 3.97. The third kappa shape index (κ3) is 2.82. The number of aromatic nitrogens is 2. The zero-order valence-electron chi connectivity index (χ0n) is 10.9. The van der Waals surface area contributed by atoms with E-state index in [1.165, 1.54) is 6.20 Å². The van der Waals surface area contributed by atoms with E-state index in [1.807, 2.05) is 13.8 Å². The van der Waals surface area contributed by atoms with Crippen LogP contribution in [-0.2, 0) is 6.61 Å². The maximum Gasteiger partial charge on any atom is 0.313 e. The molecule has 0 aliphatic heterocycles. The average Bonchev–Trinajstić information content (AvgIpc) is 2.41. The zero-order chi connectivity index (χ0) is 13.8. The summed E-state index contributed by atoms with van der Waals surface area (Å²) in [5.41, 5.74) is 0.328. The number of nitrogens with zero attached hydrogens (tertiary/aromatic N) is 2. The quantitative estimate of drug-likeness (QED) is 0.914. The number of rotatable bonds is 4. The van der Waals surface area contributed by atoms with E-state index in [0.29, 0.717) is 11.3 Å². The lowest BCUT2D eigenvalue weighted by molar-refractivity contribution is 0.275. The number of aliphatic hydroxyl groups excluding tert-OH is 1. The lowest BCUT2D eigenvalue weighted by atomic mass is 10.2. The highest BCUT2D eigenvalue weighted by atomic mass is 16.5. The molecule has 0 aliphatic rings. The number of benzene rings is 1. The zero-order valence-corrected chi connectivity index (χ0v) is 10.9. The van der Waals surface area contributed by atoms with Crippen molar-refractivity contribution in [1.29, 1.82) is 0 Å². The minimum atomic E-state index is -0.287. The van der Waals surface area contributed by atoms with Crippen molar-refractivity contribution in [3.8, 4) is 11.6 Å². The van der Waals surface area contributed by atoms with Crippen LogP contribution in [0.4, 0.5) is 0 Å². The molecule has 0 bridgehead atoms. The van der Waals surface area contributed by atoms with Crippen LogP contribution in [-0.4, -0.2) is 14.7 Å². The fourth-order valence-electron chi connectivity index (χ4n) is 1.72. The van der Waals surface area contributed by atoms with Crippen LogP contribution in [0, 0.1) is 0 Å². The molecule has 0 saturated carbocycles. The van der Waals surface area contributed by atoms with Gasteiger partial charge in [-0.1, -0.05) is 18.2 Å². The third-order valence-corrected chi connectivity index (χ3v) is 2.74. The van der Waals surface area contributed by atoms with Crippen LogP contribution in [0.1, 0.15) is 25.5 Å². The lowest BCUT2D eigenvalue weighted by Crippen LogP contribution is -2.23. The van der Waals surface area contributed by atoms with Crippen LogP contribution < -0.4 is 10.3 Å². The summed E-state index contributed by atoms with van der Waals surface area (Å²) >= 11 is 0. The van der Waals surface area contributed by atoms with E-state index in [1.54, 1.807) is 35.0 Å². The van der Waals surface area contributed by atoms with E-state index in [2.05, 4.69) is 4.98 Å². The first kappa shape index (κ1) is 13.3. The molecule has 19 heavy (non-hydrogen) atoms. The van der Waals surface area contributed by atoms with Crippen molar-refractivity contribution in [3.63, 3.8) is 0 Å². The summed E-state index contributed by atoms with van der Waals surface area (Å²) < 4.78 is 7.06. The van der Waals surface area contributed by atoms with Gasteiger partial charge >= 0.3 is 5.56 Å². The molecule has 0 spiro atoms. The van der Waals surface area contributed by atoms with Gasteiger partial charge in [0.15, 0.2) is 0 Å². The van der Waals surface area contributed by atoms with Crippen molar-refractivity contribution in [2.45, 2.75) is 26.5 Å². The van der Waals surface area contributed by atoms with Gasteiger partial charge in [-0.15, -0.1) is 0 Å². The Morgan fingerprint density at radius 3 is 2.79 bits per heavy atom. The molecular formula is C14H16N2O3. The predicted octanol–water partition coefficient (Wildman–Crippen LogP) is 2.11. The minimum absolute atomic E-state index is 0.0112. The Bertz CT molecular complexity index is 620. The van der Waals surface area contributed by atoms with E-state index in [0.717, 1.165) is 0 Å². The molecule has 100 valence electrons. The summed E-state index contributed by atoms with van der Waals surface area (Å²) in [5.74, 6) is 0.452. The van der Waals surface area contributed by atoms with Gasteiger partial charge in [0.2, 0.25) is 0 Å². The standard InChI is InChI=1S/C14H16N2O3/c1-10(2)16-8-7-15-13(14(16)18)19-12-6-4-3-5-11(12)9-17/h3-8,10,17H,9H2,1-2H3. The molecule has 1 heterocycles. The van der Waals surface area contributed by atoms with Gasteiger partial charge < -0.3 is 14.4 Å². The van der Waals surface area contributed by atoms with Gasteiger partial charge in [0.1, 0.15) is 5.75 Å². The summed E-state index contributed by atoms with van der Waals surface area (Å²) in [6.45, 7) is 3.67. The minimum Gasteiger partial charge on any atom is -0.434 e. The highest BCUT2D eigenvalue weighted by molar-refractivity contribution is 5.35. The molecule has 1 aromatic carbocycles. The van der Waals surface area contributed by atoms with Crippen LogP contribution in [0.2, 0.25) is 0 Å². The summed E-state index contributed by atoms with van der Waals surface area (Å²) in [6, 6.07) is 7.03. The maximum atomic E-state index is 12.1. The number of para-hydroxylation sites is 1. The van der Waals surface area contributed by atoms with Gasteiger partial charge in [-0.3, -0.25) is 4.79 Å². The largest absolute Gasteiger partial charge is 0.434 e. The van der Waals surface area contributed by atoms with Crippen LogP contribution >= 0.6 is 0 Å². The molecule has 2 rings (SSSR count). The summed E-state index contributed by atoms with van der Waals surface area (Å²) in [7, 11) is 0. The van der Waals surface area contributed by atoms with Crippen molar-refractivity contribution < 1.29 is 9.84 Å². The summed E-state index contributed by atoms with van der Waals surface area (Å²) in [4.78, 5) is 16.1. The average molecular weight is 260 g/mol. The van der Waals surface area contributed by atoms with E-state index in [-0.39, 0.29) is 24.1 Å². The van der Waals surface area contributed by atoms with Crippen LogP contribution in [0.3, 0.4) is 0 Å². The molecule has 0 aliphatic carbocycles. The Balaban J connectivity index is 2.39. The Morgan fingerprint density at radius 1 is 1.37 bits per heavy atom. The maximum absolute atomic E-state index is 12.1. The van der Waals surface area contributed by atoms with E-state index in [9.17, 15) is 9.90 Å². The summed E-state index contributed by atoms with van der Waals surface area (Å²) in [5, 5.41) is 9.22. The highest BCUT2D eigenvalue weighted by Gasteiger charge is 2.11. The van der Waals surface area contributed by atoms with Gasteiger partial charge in [-0.2, -0.15) is 0 Å². The second-order valence-electron chi connectivity index (χ2n) is 4.41. The van der Waals surface area contributed by atoms with Crippen LogP contribution in [0.15, 0.2) is 41.5 Å². The molecule has 5 nitrogen and oxygen atoms in total. The second kappa shape index (κ2) is 5.67. The van der Waals surface area contributed by atoms with E-state index >= 15 is 0 Å². The molecule has 0 radical (unpaired) electrons. The van der Waals surface area contributed by atoms with Crippen molar-refractivity contribution in [1.82, 2.24) is 9.55 Å². The van der Waals surface area contributed by atoms with Gasteiger partial charge in [0.25, 0.3) is 5.88 Å². The van der Waals surface area contributed by atoms with Gasteiger partial charge in [0.05, 0.1) is 6.61 Å². The fourth-order valence-corrected chi connectivity index (χ4v) is 1.72. The van der Waals surface area contributed by atoms with Crippen LogP contribution in [0.5, 0.6) is 11.6 Å². The molecule has 1 aromatic heterocycles. The molecule has 0 fully saturated rings. The van der Waals surface area contributed by atoms with E-state index in [4.69, 9.17) is 4.74 Å². The first-order valence-corrected chi connectivity index (χ1v) is 6.07. The number of ether oxygens (including phenoxy) is 1. The number of aliphatic hydroxyl groups is 1. The predicted molar refractivity (Wildman–Crippen MR) is 71.3 cm³/mol. The fraction of sp³-hybridized carbons (Fsp3) is 0.286. The first-order chi connectivity index (χ1) is 9.13. The number of hydrogen-bond donors (Lipinski definition) is 1. The Hall–Kier alpha value is -2.14. The van der Waals surface area contributed by atoms with E-state index < -0.39 is 0 Å². The second-order valence-corrected chi connectivity index (χ2v) is 4.41. The lowest BCUT2D eigenvalue weighted by Gasteiger charge is -2.12. The Labute approximate surface area is 111 Å². The SMILES string of the molecule is CC(C)n1ccnc(Oc2ccccc2CO)c1=O. The van der Waals surface area contributed by atoms with Gasteiger partial charge in [0, 0.05) is 24.0 Å². The first-order valence-electron chi connectivity index (χ1n) is 6.07.